The fourth-order valence-corrected chi connectivity index (χ4v) is 1.24. The molecule has 3 N–H and O–H groups in total. The van der Waals surface area contributed by atoms with E-state index in [-0.39, 0.29) is 11.8 Å². The van der Waals surface area contributed by atoms with Gasteiger partial charge in [0.15, 0.2) is 0 Å². The summed E-state index contributed by atoms with van der Waals surface area (Å²) in [5.41, 5.74) is 3.29. The van der Waals surface area contributed by atoms with Crippen LogP contribution in [0.2, 0.25) is 0 Å². The number of rotatable bonds is 3. The summed E-state index contributed by atoms with van der Waals surface area (Å²) in [6.07, 6.45) is 0.431. The van der Waals surface area contributed by atoms with E-state index in [1.165, 1.54) is 0 Å². The molecule has 0 spiro atoms. The molecule has 1 amide bonds. The average Bonchev–Trinajstić information content (AvgIpc) is 2.19. The standard InChI is InChI=1S/C10H14N2O/c1-8(7-10(13)12-11)9-5-3-2-4-6-9/h2-6,8H,7,11H2,1H3,(H,12,13). The summed E-state index contributed by atoms with van der Waals surface area (Å²) in [5, 5.41) is 0. The van der Waals surface area contributed by atoms with Crippen LogP contribution in [0.25, 0.3) is 0 Å². The zero-order chi connectivity index (χ0) is 9.68. The zero-order valence-electron chi connectivity index (χ0n) is 7.66. The number of nitrogens with one attached hydrogen (secondary N) is 1. The summed E-state index contributed by atoms with van der Waals surface area (Å²) in [7, 11) is 0. The quantitative estimate of drug-likeness (QED) is 0.414. The summed E-state index contributed by atoms with van der Waals surface area (Å²) < 4.78 is 0. The molecule has 0 heterocycles. The lowest BCUT2D eigenvalue weighted by atomic mass is 9.98. The molecule has 3 heteroatoms. The molecule has 0 bridgehead atoms. The van der Waals surface area contributed by atoms with Gasteiger partial charge in [-0.1, -0.05) is 37.3 Å². The van der Waals surface area contributed by atoms with Crippen LogP contribution in [-0.4, -0.2) is 5.91 Å². The molecule has 3 nitrogen and oxygen atoms in total. The first-order valence-electron chi connectivity index (χ1n) is 4.28. The molecule has 0 radical (unpaired) electrons. The first-order valence-corrected chi connectivity index (χ1v) is 4.28. The Morgan fingerprint density at radius 1 is 1.46 bits per heavy atom. The van der Waals surface area contributed by atoms with Crippen LogP contribution in [0.5, 0.6) is 0 Å². The van der Waals surface area contributed by atoms with Crippen molar-refractivity contribution in [3.63, 3.8) is 0 Å². The molecule has 1 unspecified atom stereocenters. The third kappa shape index (κ3) is 2.87. The van der Waals surface area contributed by atoms with Crippen molar-refractivity contribution in [3.05, 3.63) is 35.9 Å². The Morgan fingerprint density at radius 3 is 2.62 bits per heavy atom. The van der Waals surface area contributed by atoms with E-state index in [0.29, 0.717) is 6.42 Å². The van der Waals surface area contributed by atoms with Crippen LogP contribution in [0.4, 0.5) is 0 Å². The van der Waals surface area contributed by atoms with Crippen LogP contribution in [0.3, 0.4) is 0 Å². The molecule has 0 aliphatic rings. The van der Waals surface area contributed by atoms with Gasteiger partial charge in [-0.15, -0.1) is 0 Å². The van der Waals surface area contributed by atoms with Crippen LogP contribution in [0.1, 0.15) is 24.8 Å². The predicted octanol–water partition coefficient (Wildman–Crippen LogP) is 1.17. The first kappa shape index (κ1) is 9.74. The molecule has 13 heavy (non-hydrogen) atoms. The zero-order valence-corrected chi connectivity index (χ0v) is 7.66. The van der Waals surface area contributed by atoms with Gasteiger partial charge in [0.25, 0.3) is 0 Å². The van der Waals surface area contributed by atoms with Crippen molar-refractivity contribution in [2.24, 2.45) is 5.84 Å². The van der Waals surface area contributed by atoms with Gasteiger partial charge in [0.2, 0.25) is 5.91 Å². The van der Waals surface area contributed by atoms with Crippen molar-refractivity contribution in [1.82, 2.24) is 5.43 Å². The van der Waals surface area contributed by atoms with Crippen LogP contribution >= 0.6 is 0 Å². The van der Waals surface area contributed by atoms with Crippen molar-refractivity contribution >= 4 is 5.91 Å². The molecule has 0 aliphatic carbocycles. The van der Waals surface area contributed by atoms with Crippen molar-refractivity contribution in [2.45, 2.75) is 19.3 Å². The number of nitrogens with two attached hydrogens (primary N) is 1. The SMILES string of the molecule is CC(CC(=O)NN)c1ccccc1. The molecule has 70 valence electrons. The predicted molar refractivity (Wildman–Crippen MR) is 51.8 cm³/mol. The van der Waals surface area contributed by atoms with Gasteiger partial charge in [-0.2, -0.15) is 0 Å². The third-order valence-corrected chi connectivity index (χ3v) is 2.02. The van der Waals surface area contributed by atoms with Gasteiger partial charge < -0.3 is 0 Å². The highest BCUT2D eigenvalue weighted by atomic mass is 16.2. The lowest BCUT2D eigenvalue weighted by molar-refractivity contribution is -0.121. The van der Waals surface area contributed by atoms with Crippen LogP contribution in [0.15, 0.2) is 30.3 Å². The summed E-state index contributed by atoms with van der Waals surface area (Å²) in [6.45, 7) is 2.00. The second-order valence-corrected chi connectivity index (χ2v) is 3.08. The van der Waals surface area contributed by atoms with E-state index in [1.54, 1.807) is 0 Å². The lowest BCUT2D eigenvalue weighted by Gasteiger charge is -2.09. The lowest BCUT2D eigenvalue weighted by Crippen LogP contribution is -2.30. The maximum Gasteiger partial charge on any atom is 0.234 e. The highest BCUT2D eigenvalue weighted by molar-refractivity contribution is 5.76. The minimum absolute atomic E-state index is 0.128. The van der Waals surface area contributed by atoms with Crippen LogP contribution < -0.4 is 11.3 Å². The number of amides is 1. The molecule has 0 saturated heterocycles. The minimum Gasteiger partial charge on any atom is -0.294 e. The van der Waals surface area contributed by atoms with Crippen molar-refractivity contribution < 1.29 is 4.79 Å². The van der Waals surface area contributed by atoms with Gasteiger partial charge in [0.1, 0.15) is 0 Å². The number of hydrazine groups is 1. The monoisotopic (exact) mass is 178 g/mol. The van der Waals surface area contributed by atoms with Gasteiger partial charge >= 0.3 is 0 Å². The molecule has 1 atom stereocenters. The van der Waals surface area contributed by atoms with Crippen molar-refractivity contribution in [2.75, 3.05) is 0 Å². The Morgan fingerprint density at radius 2 is 2.08 bits per heavy atom. The topological polar surface area (TPSA) is 55.1 Å². The molecular formula is C10H14N2O. The molecule has 0 aromatic heterocycles. The Labute approximate surface area is 77.9 Å². The molecule has 0 saturated carbocycles. The molecule has 1 rings (SSSR count). The van der Waals surface area contributed by atoms with E-state index in [2.05, 4.69) is 5.43 Å². The molecular weight excluding hydrogens is 164 g/mol. The minimum atomic E-state index is -0.128. The van der Waals surface area contributed by atoms with E-state index in [9.17, 15) is 4.79 Å². The van der Waals surface area contributed by atoms with Gasteiger partial charge in [-0.05, 0) is 11.5 Å². The fraction of sp³-hybridized carbons (Fsp3) is 0.300. The summed E-state index contributed by atoms with van der Waals surface area (Å²) in [5.74, 6) is 5.08. The van der Waals surface area contributed by atoms with Crippen LogP contribution in [-0.2, 0) is 4.79 Å². The Hall–Kier alpha value is -1.35. The van der Waals surface area contributed by atoms with E-state index in [0.717, 1.165) is 5.56 Å². The third-order valence-electron chi connectivity index (χ3n) is 2.02. The number of benzene rings is 1. The highest BCUT2D eigenvalue weighted by Gasteiger charge is 2.08. The van der Waals surface area contributed by atoms with E-state index in [4.69, 9.17) is 5.84 Å². The van der Waals surface area contributed by atoms with Gasteiger partial charge in [0.05, 0.1) is 0 Å². The Bertz CT molecular complexity index is 272. The van der Waals surface area contributed by atoms with Gasteiger partial charge in [-0.3, -0.25) is 10.2 Å². The van der Waals surface area contributed by atoms with Gasteiger partial charge in [-0.25, -0.2) is 5.84 Å². The first-order chi connectivity index (χ1) is 6.24. The smallest absolute Gasteiger partial charge is 0.234 e. The summed E-state index contributed by atoms with van der Waals surface area (Å²) >= 11 is 0. The normalized spacial score (nSPS) is 12.2. The Kier molecular flexibility index (Phi) is 3.46. The van der Waals surface area contributed by atoms with Crippen molar-refractivity contribution in [3.8, 4) is 0 Å². The average molecular weight is 178 g/mol. The second-order valence-electron chi connectivity index (χ2n) is 3.08. The highest BCUT2D eigenvalue weighted by Crippen LogP contribution is 2.17. The van der Waals surface area contributed by atoms with E-state index >= 15 is 0 Å². The number of hydrogen-bond acceptors (Lipinski definition) is 2. The fourth-order valence-electron chi connectivity index (χ4n) is 1.24. The number of carbonyl (C=O) groups is 1. The summed E-state index contributed by atoms with van der Waals surface area (Å²) in [4.78, 5) is 11.0. The molecule has 0 fully saturated rings. The largest absolute Gasteiger partial charge is 0.294 e. The second kappa shape index (κ2) is 4.62. The summed E-state index contributed by atoms with van der Waals surface area (Å²) in [6, 6.07) is 9.90. The molecule has 1 aromatic rings. The van der Waals surface area contributed by atoms with Gasteiger partial charge in [0, 0.05) is 6.42 Å². The maximum atomic E-state index is 11.0. The number of carbonyl (C=O) groups excluding carboxylic acids is 1. The van der Waals surface area contributed by atoms with E-state index < -0.39 is 0 Å². The van der Waals surface area contributed by atoms with Crippen LogP contribution in [0, 0.1) is 0 Å². The van der Waals surface area contributed by atoms with Crippen molar-refractivity contribution in [1.29, 1.82) is 0 Å². The maximum absolute atomic E-state index is 11.0. The number of hydrogen-bond donors (Lipinski definition) is 2. The molecule has 0 aliphatic heterocycles. The Balaban J connectivity index is 2.59. The molecule has 1 aromatic carbocycles. The van der Waals surface area contributed by atoms with E-state index in [1.807, 2.05) is 37.3 Å².